The monoisotopic (exact) mass is 405 g/mol. The van der Waals surface area contributed by atoms with Crippen LogP contribution in [-0.4, -0.2) is 38.2 Å². The SMILES string of the molecule is Fc1cc2c(Cl)cc([As])nc2cc1-c1ccnn1C1CCCCO1. The predicted octanol–water partition coefficient (Wildman–Crippen LogP) is 3.38. The number of benzene rings is 1. The summed E-state index contributed by atoms with van der Waals surface area (Å²) in [6, 6.07) is 6.67. The standard InChI is InChI=1S/C17H14AsClFN3O/c18-16-9-12(19)10-7-13(20)11(8-14(10)22-16)15-4-5-21-23(15)17-3-1-2-6-24-17/h4-5,7-9,17H,1-3,6H2. The second kappa shape index (κ2) is 6.47. The van der Waals surface area contributed by atoms with E-state index in [2.05, 4.69) is 26.9 Å². The average Bonchev–Trinajstić information content (AvgIpc) is 3.05. The Labute approximate surface area is 152 Å². The molecule has 1 aliphatic rings. The van der Waals surface area contributed by atoms with E-state index in [1.165, 1.54) is 6.07 Å². The molecule has 0 aliphatic carbocycles. The first-order chi connectivity index (χ1) is 11.6. The Morgan fingerprint density at radius 3 is 2.96 bits per heavy atom. The second-order valence-corrected chi connectivity index (χ2v) is 7.16. The van der Waals surface area contributed by atoms with E-state index >= 15 is 0 Å². The Morgan fingerprint density at radius 1 is 1.29 bits per heavy atom. The van der Waals surface area contributed by atoms with Crippen LogP contribution in [0.1, 0.15) is 25.5 Å². The van der Waals surface area contributed by atoms with E-state index in [0.29, 0.717) is 33.8 Å². The number of pyridine rings is 1. The fourth-order valence-electron chi connectivity index (χ4n) is 3.06. The van der Waals surface area contributed by atoms with Crippen LogP contribution in [0, 0.1) is 5.82 Å². The molecule has 4 nitrogen and oxygen atoms in total. The van der Waals surface area contributed by atoms with Crippen LogP contribution in [-0.2, 0) is 4.74 Å². The molecule has 3 aromatic rings. The van der Waals surface area contributed by atoms with Gasteiger partial charge in [0.05, 0.1) is 0 Å². The number of ether oxygens (including phenoxy) is 1. The zero-order valence-electron chi connectivity index (χ0n) is 12.7. The molecule has 0 amide bonds. The summed E-state index contributed by atoms with van der Waals surface area (Å²) in [5, 5.41) is 5.44. The van der Waals surface area contributed by atoms with E-state index in [0.717, 1.165) is 23.7 Å². The normalized spacial score (nSPS) is 18.2. The molecule has 122 valence electrons. The van der Waals surface area contributed by atoms with Crippen molar-refractivity contribution in [1.82, 2.24) is 14.8 Å². The van der Waals surface area contributed by atoms with Crippen molar-refractivity contribution >= 4 is 43.8 Å². The predicted molar refractivity (Wildman–Crippen MR) is 92.2 cm³/mol. The van der Waals surface area contributed by atoms with Crippen LogP contribution >= 0.6 is 11.6 Å². The molecule has 3 heterocycles. The van der Waals surface area contributed by atoms with Crippen molar-refractivity contribution in [3.05, 3.63) is 41.3 Å². The zero-order valence-corrected chi connectivity index (χ0v) is 15.4. The third-order valence-electron chi connectivity index (χ3n) is 4.21. The van der Waals surface area contributed by atoms with Gasteiger partial charge in [0.25, 0.3) is 0 Å². The molecule has 0 saturated carbocycles. The van der Waals surface area contributed by atoms with Crippen LogP contribution in [0.5, 0.6) is 0 Å². The maximum atomic E-state index is 14.7. The van der Waals surface area contributed by atoms with Crippen molar-refractivity contribution in [3.63, 3.8) is 0 Å². The summed E-state index contributed by atoms with van der Waals surface area (Å²) < 4.78 is 23.0. The molecule has 1 atom stereocenters. The summed E-state index contributed by atoms with van der Waals surface area (Å²) in [5.41, 5.74) is 1.80. The van der Waals surface area contributed by atoms with Crippen LogP contribution < -0.4 is 4.48 Å². The molecular weight excluding hydrogens is 392 g/mol. The molecule has 2 aromatic heterocycles. The molecule has 7 heteroatoms. The molecule has 4 rings (SSSR count). The van der Waals surface area contributed by atoms with E-state index in [4.69, 9.17) is 16.3 Å². The number of halogens is 2. The summed E-state index contributed by atoms with van der Waals surface area (Å²) >= 11 is 8.57. The number of hydrogen-bond donors (Lipinski definition) is 0. The molecule has 2 radical (unpaired) electrons. The van der Waals surface area contributed by atoms with Crippen LogP contribution in [0.25, 0.3) is 22.2 Å². The van der Waals surface area contributed by atoms with Gasteiger partial charge in [0.15, 0.2) is 0 Å². The molecule has 0 bridgehead atoms. The molecule has 1 saturated heterocycles. The third-order valence-corrected chi connectivity index (χ3v) is 5.00. The quantitative estimate of drug-likeness (QED) is 0.614. The molecule has 0 spiro atoms. The molecule has 0 N–H and O–H groups in total. The van der Waals surface area contributed by atoms with E-state index < -0.39 is 0 Å². The van der Waals surface area contributed by atoms with Crippen molar-refractivity contribution in [1.29, 1.82) is 0 Å². The van der Waals surface area contributed by atoms with Crippen LogP contribution in [0.15, 0.2) is 30.5 Å². The van der Waals surface area contributed by atoms with Gasteiger partial charge >= 0.3 is 152 Å². The topological polar surface area (TPSA) is 39.9 Å². The third kappa shape index (κ3) is 2.85. The summed E-state index contributed by atoms with van der Waals surface area (Å²) in [7, 11) is 0. The molecule has 1 aliphatic heterocycles. The number of fused-ring (bicyclic) bond motifs is 1. The van der Waals surface area contributed by atoms with Gasteiger partial charge in [0, 0.05) is 0 Å². The van der Waals surface area contributed by atoms with Crippen LogP contribution in [0.3, 0.4) is 0 Å². The number of hydrogen-bond acceptors (Lipinski definition) is 3. The first-order valence-electron chi connectivity index (χ1n) is 7.78. The van der Waals surface area contributed by atoms with Gasteiger partial charge in [0.2, 0.25) is 0 Å². The van der Waals surface area contributed by atoms with E-state index in [1.54, 1.807) is 29.1 Å². The Kier molecular flexibility index (Phi) is 4.33. The summed E-state index contributed by atoms with van der Waals surface area (Å²) in [5.74, 6) is -0.345. The van der Waals surface area contributed by atoms with Gasteiger partial charge in [-0.15, -0.1) is 0 Å². The molecule has 1 aromatic carbocycles. The van der Waals surface area contributed by atoms with Crippen molar-refractivity contribution in [3.8, 4) is 11.3 Å². The Bertz CT molecular complexity index is 908. The van der Waals surface area contributed by atoms with Gasteiger partial charge < -0.3 is 0 Å². The maximum absolute atomic E-state index is 14.7. The molecule has 1 fully saturated rings. The van der Waals surface area contributed by atoms with Gasteiger partial charge in [-0.25, -0.2) is 0 Å². The molecule has 24 heavy (non-hydrogen) atoms. The van der Waals surface area contributed by atoms with Gasteiger partial charge in [-0.05, 0) is 0 Å². The second-order valence-electron chi connectivity index (χ2n) is 5.79. The van der Waals surface area contributed by atoms with Crippen molar-refractivity contribution in [2.45, 2.75) is 25.5 Å². The van der Waals surface area contributed by atoms with Crippen LogP contribution in [0.4, 0.5) is 4.39 Å². The van der Waals surface area contributed by atoms with Gasteiger partial charge in [-0.2, -0.15) is 0 Å². The minimum atomic E-state index is -0.345. The van der Waals surface area contributed by atoms with Gasteiger partial charge in [-0.1, -0.05) is 0 Å². The van der Waals surface area contributed by atoms with Gasteiger partial charge in [0.1, 0.15) is 0 Å². The average molecular weight is 406 g/mol. The zero-order chi connectivity index (χ0) is 16.7. The summed E-state index contributed by atoms with van der Waals surface area (Å²) in [6.45, 7) is 0.707. The van der Waals surface area contributed by atoms with Crippen molar-refractivity contribution in [2.24, 2.45) is 0 Å². The van der Waals surface area contributed by atoms with Gasteiger partial charge in [-0.3, -0.25) is 0 Å². The van der Waals surface area contributed by atoms with Crippen molar-refractivity contribution < 1.29 is 9.13 Å². The first kappa shape index (κ1) is 16.1. The first-order valence-corrected chi connectivity index (χ1v) is 9.09. The van der Waals surface area contributed by atoms with Crippen molar-refractivity contribution in [2.75, 3.05) is 6.61 Å². The Balaban J connectivity index is 1.85. The van der Waals surface area contributed by atoms with E-state index in [1.807, 2.05) is 0 Å². The Morgan fingerprint density at radius 2 is 2.17 bits per heavy atom. The molecular formula is C17H14AsClFN3O. The number of aromatic nitrogens is 3. The Hall–Kier alpha value is -1.42. The van der Waals surface area contributed by atoms with E-state index in [-0.39, 0.29) is 12.0 Å². The molecule has 1 unspecified atom stereocenters. The fourth-order valence-corrected chi connectivity index (χ4v) is 3.98. The minimum absolute atomic E-state index is 0.149. The number of nitrogens with zero attached hydrogens (tertiary/aromatic N) is 3. The van der Waals surface area contributed by atoms with E-state index in [9.17, 15) is 4.39 Å². The number of rotatable bonds is 2. The van der Waals surface area contributed by atoms with Crippen LogP contribution in [0.2, 0.25) is 5.02 Å². The summed E-state index contributed by atoms with van der Waals surface area (Å²) in [6.07, 6.45) is 4.54. The summed E-state index contributed by atoms with van der Waals surface area (Å²) in [4.78, 5) is 4.45. The fraction of sp³-hybridized carbons (Fsp3) is 0.294.